The smallest absolute Gasteiger partial charge is 0.171 e. The summed E-state index contributed by atoms with van der Waals surface area (Å²) in [6.07, 6.45) is 0. The fraction of sp³-hybridized carbons (Fsp3) is 0.105. The molecule has 0 amide bonds. The molecule has 0 bridgehead atoms. The predicted octanol–water partition coefficient (Wildman–Crippen LogP) is 7.34. The SMILES string of the molecule is CC1c2c(c(P(=O)(c3ccccc3)c3ccccc3)c3ccccc3c2P(=O)(c2ccccc2)c2ccccc2)C1C. The zero-order valence-corrected chi connectivity index (χ0v) is 25.5. The molecule has 206 valence electrons. The molecule has 7 rings (SSSR count). The highest BCUT2D eigenvalue weighted by atomic mass is 31.2. The third-order valence-corrected chi connectivity index (χ3v) is 15.3. The lowest BCUT2D eigenvalue weighted by Crippen LogP contribution is -2.41. The van der Waals surface area contributed by atoms with Gasteiger partial charge in [-0.1, -0.05) is 159 Å². The molecule has 0 saturated heterocycles. The van der Waals surface area contributed by atoms with Gasteiger partial charge in [-0.3, -0.25) is 0 Å². The molecular weight excluding hydrogens is 550 g/mol. The fourth-order valence-corrected chi connectivity index (χ4v) is 13.2. The monoisotopic (exact) mass is 582 g/mol. The first-order valence-corrected chi connectivity index (χ1v) is 17.9. The van der Waals surface area contributed by atoms with Crippen LogP contribution in [0.1, 0.15) is 36.8 Å². The molecule has 0 radical (unpaired) electrons. The number of fused-ring (bicyclic) bond motifs is 2. The van der Waals surface area contributed by atoms with Gasteiger partial charge in [0.05, 0.1) is 0 Å². The average Bonchev–Trinajstić information content (AvgIpc) is 3.07. The van der Waals surface area contributed by atoms with E-state index in [0.717, 1.165) is 53.7 Å². The lowest BCUT2D eigenvalue weighted by Gasteiger charge is -2.43. The van der Waals surface area contributed by atoms with E-state index in [-0.39, 0.29) is 11.8 Å². The van der Waals surface area contributed by atoms with Crippen molar-refractivity contribution in [2.45, 2.75) is 25.7 Å². The number of benzene rings is 6. The quantitative estimate of drug-likeness (QED) is 0.193. The Balaban J connectivity index is 1.67. The number of rotatable bonds is 6. The van der Waals surface area contributed by atoms with Crippen molar-refractivity contribution >= 4 is 56.9 Å². The second-order valence-corrected chi connectivity index (χ2v) is 16.6. The molecule has 2 atom stereocenters. The Hall–Kier alpha value is -3.96. The van der Waals surface area contributed by atoms with Gasteiger partial charge in [-0.2, -0.15) is 0 Å². The number of hydrogen-bond donors (Lipinski definition) is 0. The maximum absolute atomic E-state index is 15.9. The first-order valence-electron chi connectivity index (χ1n) is 14.5. The summed E-state index contributed by atoms with van der Waals surface area (Å²) in [4.78, 5) is 0. The van der Waals surface area contributed by atoms with Gasteiger partial charge in [-0.05, 0) is 33.7 Å². The molecule has 0 N–H and O–H groups in total. The van der Waals surface area contributed by atoms with Gasteiger partial charge < -0.3 is 9.13 Å². The lowest BCUT2D eigenvalue weighted by atomic mass is 9.69. The summed E-state index contributed by atoms with van der Waals surface area (Å²) < 4.78 is 31.8. The van der Waals surface area contributed by atoms with Crippen LogP contribution in [0.3, 0.4) is 0 Å². The van der Waals surface area contributed by atoms with Crippen LogP contribution in [0, 0.1) is 0 Å². The van der Waals surface area contributed by atoms with Crippen molar-refractivity contribution in [2.75, 3.05) is 0 Å². The van der Waals surface area contributed by atoms with Crippen LogP contribution in [0.2, 0.25) is 0 Å². The second-order valence-electron chi connectivity index (χ2n) is 11.2. The van der Waals surface area contributed by atoms with Crippen molar-refractivity contribution in [3.63, 3.8) is 0 Å². The Morgan fingerprint density at radius 2 is 0.619 bits per heavy atom. The van der Waals surface area contributed by atoms with Crippen molar-refractivity contribution in [1.82, 2.24) is 0 Å². The molecule has 2 unspecified atom stereocenters. The van der Waals surface area contributed by atoms with Crippen molar-refractivity contribution < 1.29 is 9.13 Å². The molecule has 2 nitrogen and oxygen atoms in total. The van der Waals surface area contributed by atoms with Gasteiger partial charge in [0.2, 0.25) is 0 Å². The Bertz CT molecular complexity index is 1770. The largest absolute Gasteiger partial charge is 0.309 e. The summed E-state index contributed by atoms with van der Waals surface area (Å²) in [5.41, 5.74) is 2.19. The highest BCUT2D eigenvalue weighted by molar-refractivity contribution is 7.86. The van der Waals surface area contributed by atoms with E-state index in [1.807, 2.05) is 133 Å². The van der Waals surface area contributed by atoms with Crippen LogP contribution in [0.25, 0.3) is 10.8 Å². The minimum atomic E-state index is -3.30. The summed E-state index contributed by atoms with van der Waals surface area (Å²) in [5.74, 6) is 0.332. The average molecular weight is 583 g/mol. The van der Waals surface area contributed by atoms with E-state index < -0.39 is 14.3 Å². The van der Waals surface area contributed by atoms with Crippen molar-refractivity contribution in [3.05, 3.63) is 157 Å². The third-order valence-electron chi connectivity index (χ3n) is 9.01. The second kappa shape index (κ2) is 10.4. The van der Waals surface area contributed by atoms with Gasteiger partial charge in [0.25, 0.3) is 0 Å². The fourth-order valence-electron chi connectivity index (χ4n) is 6.81. The molecule has 42 heavy (non-hydrogen) atoms. The third kappa shape index (κ3) is 3.86. The lowest BCUT2D eigenvalue weighted by molar-refractivity contribution is 0.547. The molecule has 0 saturated carbocycles. The van der Waals surface area contributed by atoms with E-state index in [2.05, 4.69) is 26.0 Å². The van der Waals surface area contributed by atoms with Crippen molar-refractivity contribution in [3.8, 4) is 0 Å². The Morgan fingerprint density at radius 1 is 0.381 bits per heavy atom. The van der Waals surface area contributed by atoms with Crippen LogP contribution in [0.5, 0.6) is 0 Å². The Labute approximate surface area is 247 Å². The van der Waals surface area contributed by atoms with Gasteiger partial charge in [0.15, 0.2) is 14.3 Å². The first-order chi connectivity index (χ1) is 20.5. The van der Waals surface area contributed by atoms with E-state index in [4.69, 9.17) is 0 Å². The van der Waals surface area contributed by atoms with Crippen LogP contribution in [-0.2, 0) is 9.13 Å². The topological polar surface area (TPSA) is 34.1 Å². The number of hydrogen-bond acceptors (Lipinski definition) is 2. The molecule has 6 aromatic rings. The Morgan fingerprint density at radius 3 is 0.881 bits per heavy atom. The minimum absolute atomic E-state index is 0.166. The molecular formula is C38H32O2P2. The van der Waals surface area contributed by atoms with Crippen LogP contribution in [0.4, 0.5) is 0 Å². The highest BCUT2D eigenvalue weighted by Crippen LogP contribution is 2.58. The molecule has 0 fully saturated rings. The van der Waals surface area contributed by atoms with Crippen LogP contribution in [0.15, 0.2) is 146 Å². The first kappa shape index (κ1) is 26.9. The van der Waals surface area contributed by atoms with E-state index in [1.54, 1.807) is 0 Å². The standard InChI is InChI=1S/C38H32O2P2/c1-27-28(2)36-35(27)37(41(39,29-17-7-3-8-18-29)30-19-9-4-10-20-30)33-25-15-16-26-34(33)38(36)42(40,31-21-11-5-12-22-31)32-23-13-6-14-24-32/h3-28H,1-2H3. The summed E-state index contributed by atoms with van der Waals surface area (Å²) in [7, 11) is -6.61. The molecule has 0 aliphatic heterocycles. The van der Waals surface area contributed by atoms with Crippen molar-refractivity contribution in [1.29, 1.82) is 0 Å². The highest BCUT2D eigenvalue weighted by Gasteiger charge is 2.47. The summed E-state index contributed by atoms with van der Waals surface area (Å²) in [6, 6.07) is 47.8. The molecule has 4 heteroatoms. The zero-order chi connectivity index (χ0) is 28.9. The minimum Gasteiger partial charge on any atom is -0.309 e. The molecule has 0 heterocycles. The van der Waals surface area contributed by atoms with E-state index in [9.17, 15) is 0 Å². The van der Waals surface area contributed by atoms with E-state index in [0.29, 0.717) is 0 Å². The van der Waals surface area contributed by atoms with Crippen molar-refractivity contribution in [2.24, 2.45) is 0 Å². The van der Waals surface area contributed by atoms with Gasteiger partial charge in [0.1, 0.15) is 0 Å². The molecule has 1 aliphatic rings. The van der Waals surface area contributed by atoms with Gasteiger partial charge in [-0.25, -0.2) is 0 Å². The van der Waals surface area contributed by atoms with Crippen LogP contribution in [-0.4, -0.2) is 0 Å². The van der Waals surface area contributed by atoms with Crippen LogP contribution >= 0.6 is 14.3 Å². The molecule has 0 aromatic heterocycles. The van der Waals surface area contributed by atoms with E-state index in [1.165, 1.54) is 0 Å². The maximum Gasteiger partial charge on any atom is 0.171 e. The summed E-state index contributed by atoms with van der Waals surface area (Å²) >= 11 is 0. The van der Waals surface area contributed by atoms with Crippen LogP contribution < -0.4 is 31.8 Å². The van der Waals surface area contributed by atoms with Gasteiger partial charge >= 0.3 is 0 Å². The molecule has 1 aliphatic carbocycles. The molecule has 0 spiro atoms. The van der Waals surface area contributed by atoms with E-state index >= 15 is 9.13 Å². The van der Waals surface area contributed by atoms with Gasteiger partial charge in [0, 0.05) is 31.8 Å². The molecule has 6 aromatic carbocycles. The Kier molecular flexibility index (Phi) is 6.66. The normalized spacial score (nSPS) is 16.5. The zero-order valence-electron chi connectivity index (χ0n) is 23.7. The summed E-state index contributed by atoms with van der Waals surface area (Å²) in [5, 5.41) is 6.91. The van der Waals surface area contributed by atoms with Gasteiger partial charge in [-0.15, -0.1) is 0 Å². The predicted molar refractivity (Wildman–Crippen MR) is 180 cm³/mol. The maximum atomic E-state index is 15.9. The summed E-state index contributed by atoms with van der Waals surface area (Å²) in [6.45, 7) is 4.46.